The van der Waals surface area contributed by atoms with Crippen LogP contribution in [-0.4, -0.2) is 24.7 Å². The molecule has 1 aliphatic heterocycles. The summed E-state index contributed by atoms with van der Waals surface area (Å²) < 4.78 is 39.3. The number of fused-ring (bicyclic) bond motifs is 3. The standard InChI is InChI=1S/C20H16ClN3O5S/c1-10-28-20(29-10)13-9-22-18-17(13)12-8-11(6-7-15(12)23-19(18)25)24-30(26,27)16-5-3-2-4-14(16)21/h2-10,20,22,24H,1H3,(H,23,25). The molecule has 2 aromatic heterocycles. The molecule has 1 fully saturated rings. The summed E-state index contributed by atoms with van der Waals surface area (Å²) in [5, 5.41) is 1.38. The Hall–Kier alpha value is -2.85. The summed E-state index contributed by atoms with van der Waals surface area (Å²) in [6.45, 7) is 1.78. The van der Waals surface area contributed by atoms with Gasteiger partial charge in [-0.1, -0.05) is 23.7 Å². The Morgan fingerprint density at radius 3 is 2.63 bits per heavy atom. The first-order valence-corrected chi connectivity index (χ1v) is 10.9. The fraction of sp³-hybridized carbons (Fsp3) is 0.150. The van der Waals surface area contributed by atoms with Crippen LogP contribution >= 0.6 is 11.6 Å². The van der Waals surface area contributed by atoms with Gasteiger partial charge in [-0.3, -0.25) is 9.52 Å². The van der Waals surface area contributed by atoms with Crippen LogP contribution in [0.3, 0.4) is 0 Å². The molecule has 0 radical (unpaired) electrons. The van der Waals surface area contributed by atoms with Crippen LogP contribution in [0, 0.1) is 0 Å². The smallest absolute Gasteiger partial charge is 0.272 e. The fourth-order valence-electron chi connectivity index (χ4n) is 3.58. The third kappa shape index (κ3) is 3.07. The van der Waals surface area contributed by atoms with Gasteiger partial charge in [-0.25, -0.2) is 8.42 Å². The lowest BCUT2D eigenvalue weighted by Gasteiger charge is -2.33. The van der Waals surface area contributed by atoms with Crippen molar-refractivity contribution in [2.24, 2.45) is 0 Å². The molecule has 2 aromatic carbocycles. The van der Waals surface area contributed by atoms with Crippen molar-refractivity contribution < 1.29 is 17.9 Å². The average Bonchev–Trinajstić information content (AvgIpc) is 3.11. The average molecular weight is 446 g/mol. The number of sulfonamides is 1. The van der Waals surface area contributed by atoms with Gasteiger partial charge in [-0.15, -0.1) is 0 Å². The van der Waals surface area contributed by atoms with Crippen LogP contribution in [0.15, 0.2) is 58.4 Å². The number of rotatable bonds is 4. The van der Waals surface area contributed by atoms with E-state index in [2.05, 4.69) is 14.7 Å². The van der Waals surface area contributed by atoms with Crippen molar-refractivity contribution in [1.29, 1.82) is 0 Å². The van der Waals surface area contributed by atoms with Crippen molar-refractivity contribution in [2.45, 2.75) is 24.4 Å². The number of ether oxygens (including phenoxy) is 2. The number of nitrogens with one attached hydrogen (secondary N) is 3. The van der Waals surface area contributed by atoms with Crippen molar-refractivity contribution in [3.8, 4) is 0 Å². The lowest BCUT2D eigenvalue weighted by atomic mass is 10.1. The predicted molar refractivity (Wildman–Crippen MR) is 113 cm³/mol. The molecule has 0 amide bonds. The molecule has 0 spiro atoms. The lowest BCUT2D eigenvalue weighted by molar-refractivity contribution is -0.382. The number of halogens is 1. The quantitative estimate of drug-likeness (QED) is 0.441. The molecular weight excluding hydrogens is 430 g/mol. The van der Waals surface area contributed by atoms with Gasteiger partial charge < -0.3 is 19.4 Å². The van der Waals surface area contributed by atoms with Gasteiger partial charge in [0, 0.05) is 33.7 Å². The largest absolute Gasteiger partial charge is 0.356 e. The molecule has 10 heteroatoms. The highest BCUT2D eigenvalue weighted by Gasteiger charge is 2.31. The van der Waals surface area contributed by atoms with Gasteiger partial charge in [0.25, 0.3) is 15.6 Å². The van der Waals surface area contributed by atoms with Crippen LogP contribution in [0.1, 0.15) is 18.8 Å². The molecule has 4 aromatic rings. The zero-order valence-corrected chi connectivity index (χ0v) is 17.2. The molecule has 30 heavy (non-hydrogen) atoms. The van der Waals surface area contributed by atoms with Crippen LogP contribution in [0.2, 0.25) is 5.02 Å². The van der Waals surface area contributed by atoms with Crippen molar-refractivity contribution in [2.75, 3.05) is 4.72 Å². The molecule has 1 aliphatic rings. The Morgan fingerprint density at radius 1 is 1.13 bits per heavy atom. The molecule has 5 rings (SSSR count). The Kier molecular flexibility index (Phi) is 4.37. The van der Waals surface area contributed by atoms with Crippen molar-refractivity contribution in [1.82, 2.24) is 9.97 Å². The topological polar surface area (TPSA) is 113 Å². The second-order valence-corrected chi connectivity index (χ2v) is 8.97. The second kappa shape index (κ2) is 6.85. The molecule has 8 nitrogen and oxygen atoms in total. The zero-order chi connectivity index (χ0) is 21.0. The molecule has 0 unspecified atom stereocenters. The minimum absolute atomic E-state index is 0.0223. The van der Waals surface area contributed by atoms with Crippen LogP contribution in [0.4, 0.5) is 5.69 Å². The lowest BCUT2D eigenvalue weighted by Crippen LogP contribution is -2.31. The first-order valence-electron chi connectivity index (χ1n) is 9.09. The van der Waals surface area contributed by atoms with Crippen molar-refractivity contribution in [3.05, 3.63) is 69.6 Å². The monoisotopic (exact) mass is 445 g/mol. The van der Waals surface area contributed by atoms with Gasteiger partial charge in [-0.05, 0) is 37.3 Å². The third-order valence-electron chi connectivity index (χ3n) is 4.94. The number of benzene rings is 2. The molecule has 3 N–H and O–H groups in total. The summed E-state index contributed by atoms with van der Waals surface area (Å²) >= 11 is 6.05. The Labute approximate surface area is 175 Å². The van der Waals surface area contributed by atoms with Crippen molar-refractivity contribution in [3.63, 3.8) is 0 Å². The van der Waals surface area contributed by atoms with Crippen LogP contribution < -0.4 is 10.3 Å². The summed E-state index contributed by atoms with van der Waals surface area (Å²) in [6.07, 6.45) is 0.740. The highest BCUT2D eigenvalue weighted by molar-refractivity contribution is 7.92. The summed E-state index contributed by atoms with van der Waals surface area (Å²) in [7, 11) is -3.90. The van der Waals surface area contributed by atoms with E-state index >= 15 is 0 Å². The van der Waals surface area contributed by atoms with Crippen LogP contribution in [-0.2, 0) is 19.5 Å². The van der Waals surface area contributed by atoms with E-state index in [-0.39, 0.29) is 21.8 Å². The highest BCUT2D eigenvalue weighted by Crippen LogP contribution is 2.38. The van der Waals surface area contributed by atoms with E-state index in [1.54, 1.807) is 43.5 Å². The van der Waals surface area contributed by atoms with Gasteiger partial charge in [0.2, 0.25) is 0 Å². The summed E-state index contributed by atoms with van der Waals surface area (Å²) in [6, 6.07) is 11.1. The normalized spacial score (nSPS) is 19.1. The van der Waals surface area contributed by atoms with Gasteiger partial charge in [-0.2, -0.15) is 0 Å². The molecular formula is C20H16ClN3O5S. The minimum atomic E-state index is -3.90. The molecule has 0 bridgehead atoms. The maximum Gasteiger partial charge on any atom is 0.272 e. The molecule has 154 valence electrons. The van der Waals surface area contributed by atoms with E-state index in [9.17, 15) is 13.2 Å². The third-order valence-corrected chi connectivity index (χ3v) is 6.82. The number of H-pyrrole nitrogens is 2. The molecule has 3 heterocycles. The summed E-state index contributed by atoms with van der Waals surface area (Å²) in [4.78, 5) is 18.2. The van der Waals surface area contributed by atoms with E-state index in [1.165, 1.54) is 12.1 Å². The Morgan fingerprint density at radius 2 is 1.90 bits per heavy atom. The molecule has 0 aliphatic carbocycles. The Bertz CT molecular complexity index is 1450. The summed E-state index contributed by atoms with van der Waals surface area (Å²) in [5.41, 5.74) is 1.62. The molecule has 0 saturated carbocycles. The van der Waals surface area contributed by atoms with E-state index in [0.717, 1.165) is 0 Å². The first-order chi connectivity index (χ1) is 14.3. The van der Waals surface area contributed by atoms with E-state index in [0.29, 0.717) is 33.1 Å². The second-order valence-electron chi connectivity index (χ2n) is 6.92. The van der Waals surface area contributed by atoms with Crippen molar-refractivity contribution >= 4 is 49.1 Å². The number of aromatic amines is 2. The molecule has 1 saturated heterocycles. The maximum atomic E-state index is 12.8. The number of hydrogen-bond donors (Lipinski definition) is 3. The Balaban J connectivity index is 1.64. The number of pyridine rings is 1. The van der Waals surface area contributed by atoms with E-state index in [1.807, 2.05) is 0 Å². The SMILES string of the molecule is CC1OC(c2c[nH]c3c(=O)[nH]c4ccc(NS(=O)(=O)c5ccccc5Cl)cc4c23)O1. The summed E-state index contributed by atoms with van der Waals surface area (Å²) in [5.74, 6) is 0. The number of aromatic nitrogens is 2. The first kappa shape index (κ1) is 19.1. The van der Waals surface area contributed by atoms with Gasteiger partial charge in [0.15, 0.2) is 12.6 Å². The van der Waals surface area contributed by atoms with E-state index in [4.69, 9.17) is 21.1 Å². The van der Waals surface area contributed by atoms with Gasteiger partial charge >= 0.3 is 0 Å². The van der Waals surface area contributed by atoms with Crippen LogP contribution in [0.5, 0.6) is 0 Å². The number of anilines is 1. The molecule has 0 atom stereocenters. The fourth-order valence-corrected chi connectivity index (χ4v) is 5.15. The minimum Gasteiger partial charge on any atom is -0.356 e. The zero-order valence-electron chi connectivity index (χ0n) is 15.6. The van der Waals surface area contributed by atoms with Gasteiger partial charge in [0.05, 0.1) is 5.02 Å². The van der Waals surface area contributed by atoms with E-state index < -0.39 is 16.3 Å². The number of hydrogen-bond acceptors (Lipinski definition) is 5. The highest BCUT2D eigenvalue weighted by atomic mass is 35.5. The predicted octanol–water partition coefficient (Wildman–Crippen LogP) is 3.86. The van der Waals surface area contributed by atoms with Gasteiger partial charge in [0.1, 0.15) is 10.4 Å². The van der Waals surface area contributed by atoms with Crippen LogP contribution in [0.25, 0.3) is 21.8 Å². The maximum absolute atomic E-state index is 12.8.